The third-order valence-corrected chi connectivity index (χ3v) is 5.38. The van der Waals surface area contributed by atoms with Crippen LogP contribution in [0.5, 0.6) is 0 Å². The summed E-state index contributed by atoms with van der Waals surface area (Å²) in [6.07, 6.45) is 1.74. The topological polar surface area (TPSA) is 24.9 Å². The molecule has 0 spiro atoms. The van der Waals surface area contributed by atoms with Crippen molar-refractivity contribution < 1.29 is 0 Å². The summed E-state index contributed by atoms with van der Waals surface area (Å²) in [5.74, 6) is 0. The van der Waals surface area contributed by atoms with Crippen molar-refractivity contribution in [2.45, 2.75) is 6.54 Å². The molecule has 0 fully saturated rings. The van der Waals surface area contributed by atoms with Crippen LogP contribution in [0.4, 0.5) is 5.69 Å². The molecule has 18 heavy (non-hydrogen) atoms. The van der Waals surface area contributed by atoms with Crippen LogP contribution in [0, 0.1) is 0 Å². The molecule has 0 bridgehead atoms. The fourth-order valence-electron chi connectivity index (χ4n) is 1.67. The Balaban J connectivity index is 1.94. The Morgan fingerprint density at radius 1 is 1.28 bits per heavy atom. The fraction of sp³-hybridized carbons (Fsp3) is 0.0833. The Hall–Kier alpha value is -0.810. The Bertz CT molecular complexity index is 677. The predicted molar refractivity (Wildman–Crippen MR) is 81.3 cm³/mol. The summed E-state index contributed by atoms with van der Waals surface area (Å²) in [5.41, 5.74) is 1.79. The largest absolute Gasteiger partial charge is 0.379 e. The molecule has 3 heterocycles. The average Bonchev–Trinajstić information content (AvgIpc) is 2.98. The minimum absolute atomic E-state index is 0.538. The van der Waals surface area contributed by atoms with E-state index in [9.17, 15) is 0 Å². The van der Waals surface area contributed by atoms with E-state index < -0.39 is 0 Å². The molecule has 0 aliphatic carbocycles. The van der Waals surface area contributed by atoms with Gasteiger partial charge in [0.2, 0.25) is 0 Å². The van der Waals surface area contributed by atoms with Gasteiger partial charge in [0.05, 0.1) is 15.4 Å². The van der Waals surface area contributed by atoms with Gasteiger partial charge in [-0.2, -0.15) is 0 Å². The molecule has 0 radical (unpaired) electrons. The smallest absolute Gasteiger partial charge is 0.114 e. The molecule has 92 valence electrons. The van der Waals surface area contributed by atoms with E-state index >= 15 is 0 Å². The van der Waals surface area contributed by atoms with Gasteiger partial charge in [0, 0.05) is 17.6 Å². The lowest BCUT2D eigenvalue weighted by Crippen LogP contribution is -1.97. The van der Waals surface area contributed by atoms with Crippen LogP contribution in [0.25, 0.3) is 10.2 Å². The second-order valence-corrected chi connectivity index (χ2v) is 6.69. The Morgan fingerprint density at radius 3 is 2.94 bits per heavy atom. The van der Waals surface area contributed by atoms with Gasteiger partial charge in [-0.3, -0.25) is 4.98 Å². The van der Waals surface area contributed by atoms with Crippen molar-refractivity contribution in [2.24, 2.45) is 0 Å². The van der Waals surface area contributed by atoms with Gasteiger partial charge < -0.3 is 5.32 Å². The maximum atomic E-state index is 6.10. The molecule has 3 aromatic rings. The van der Waals surface area contributed by atoms with E-state index in [0.717, 1.165) is 22.4 Å². The SMILES string of the molecule is Clc1sc2c(NCc3cccs3)ccnc2c1Cl. The van der Waals surface area contributed by atoms with Crippen molar-refractivity contribution in [3.63, 3.8) is 0 Å². The minimum Gasteiger partial charge on any atom is -0.379 e. The highest BCUT2D eigenvalue weighted by molar-refractivity contribution is 7.24. The summed E-state index contributed by atoms with van der Waals surface area (Å²) in [4.78, 5) is 5.55. The second-order valence-electron chi connectivity index (χ2n) is 3.66. The van der Waals surface area contributed by atoms with Gasteiger partial charge in [-0.25, -0.2) is 0 Å². The van der Waals surface area contributed by atoms with Gasteiger partial charge >= 0.3 is 0 Å². The highest BCUT2D eigenvalue weighted by Crippen LogP contribution is 2.41. The summed E-state index contributed by atoms with van der Waals surface area (Å²) in [7, 11) is 0. The van der Waals surface area contributed by atoms with Crippen LogP contribution in [0.3, 0.4) is 0 Å². The molecule has 0 aliphatic heterocycles. The van der Waals surface area contributed by atoms with Crippen molar-refractivity contribution in [3.8, 4) is 0 Å². The van der Waals surface area contributed by atoms with Gasteiger partial charge in [-0.1, -0.05) is 29.3 Å². The molecule has 6 heteroatoms. The summed E-state index contributed by atoms with van der Waals surface area (Å²) in [5, 5.41) is 6.00. The Labute approximate surface area is 122 Å². The Morgan fingerprint density at radius 2 is 2.17 bits per heavy atom. The molecular formula is C12H8Cl2N2S2. The zero-order valence-electron chi connectivity index (χ0n) is 9.11. The lowest BCUT2D eigenvalue weighted by atomic mass is 10.3. The van der Waals surface area contributed by atoms with Crippen LogP contribution < -0.4 is 5.32 Å². The van der Waals surface area contributed by atoms with E-state index in [1.54, 1.807) is 17.5 Å². The van der Waals surface area contributed by atoms with Crippen LogP contribution >= 0.6 is 45.9 Å². The number of halogens is 2. The van der Waals surface area contributed by atoms with E-state index in [2.05, 4.69) is 21.7 Å². The maximum Gasteiger partial charge on any atom is 0.114 e. The monoisotopic (exact) mass is 314 g/mol. The van der Waals surface area contributed by atoms with Gasteiger partial charge in [0.15, 0.2) is 0 Å². The highest BCUT2D eigenvalue weighted by Gasteiger charge is 2.12. The molecule has 0 amide bonds. The summed E-state index contributed by atoms with van der Waals surface area (Å²) < 4.78 is 1.59. The normalized spacial score (nSPS) is 11.0. The first-order chi connectivity index (χ1) is 8.75. The van der Waals surface area contributed by atoms with E-state index in [-0.39, 0.29) is 0 Å². The predicted octanol–water partition coefficient (Wildman–Crippen LogP) is 5.28. The van der Waals surface area contributed by atoms with Crippen LogP contribution in [0.15, 0.2) is 29.8 Å². The third kappa shape index (κ3) is 2.21. The molecule has 3 rings (SSSR count). The van der Waals surface area contributed by atoms with E-state index in [0.29, 0.717) is 9.36 Å². The average molecular weight is 315 g/mol. The van der Waals surface area contributed by atoms with E-state index in [1.165, 1.54) is 16.2 Å². The summed E-state index contributed by atoms with van der Waals surface area (Å²) in [6.45, 7) is 0.796. The lowest BCUT2D eigenvalue weighted by Gasteiger charge is -2.05. The first kappa shape index (κ1) is 12.2. The van der Waals surface area contributed by atoms with Gasteiger partial charge in [0.1, 0.15) is 9.85 Å². The molecule has 0 saturated heterocycles. The van der Waals surface area contributed by atoms with Crippen molar-refractivity contribution >= 4 is 61.8 Å². The number of nitrogens with one attached hydrogen (secondary N) is 1. The molecule has 0 atom stereocenters. The van der Waals surface area contributed by atoms with Crippen molar-refractivity contribution in [1.82, 2.24) is 4.98 Å². The van der Waals surface area contributed by atoms with Crippen molar-refractivity contribution in [2.75, 3.05) is 5.32 Å². The number of nitrogens with zero attached hydrogens (tertiary/aromatic N) is 1. The van der Waals surface area contributed by atoms with E-state index in [4.69, 9.17) is 23.2 Å². The number of pyridine rings is 1. The summed E-state index contributed by atoms with van der Waals surface area (Å²) in [6, 6.07) is 6.09. The fourth-order valence-corrected chi connectivity index (χ4v) is 3.82. The molecule has 0 aromatic carbocycles. The zero-order valence-corrected chi connectivity index (χ0v) is 12.3. The number of anilines is 1. The highest BCUT2D eigenvalue weighted by atomic mass is 35.5. The minimum atomic E-state index is 0.538. The molecule has 2 nitrogen and oxygen atoms in total. The van der Waals surface area contributed by atoms with E-state index in [1.807, 2.05) is 12.1 Å². The van der Waals surface area contributed by atoms with Gasteiger partial charge in [-0.15, -0.1) is 22.7 Å². The maximum absolute atomic E-state index is 6.10. The van der Waals surface area contributed by atoms with Crippen LogP contribution in [-0.2, 0) is 6.54 Å². The van der Waals surface area contributed by atoms with Gasteiger partial charge in [0.25, 0.3) is 0 Å². The molecule has 0 saturated carbocycles. The number of thiophene rings is 2. The third-order valence-electron chi connectivity index (χ3n) is 2.51. The number of aromatic nitrogens is 1. The first-order valence-electron chi connectivity index (χ1n) is 5.24. The number of rotatable bonds is 3. The molecule has 0 aliphatic rings. The van der Waals surface area contributed by atoms with Crippen molar-refractivity contribution in [3.05, 3.63) is 44.0 Å². The van der Waals surface area contributed by atoms with Crippen LogP contribution in [-0.4, -0.2) is 4.98 Å². The quantitative estimate of drug-likeness (QED) is 0.711. The molecular weight excluding hydrogens is 307 g/mol. The second kappa shape index (κ2) is 5.05. The first-order valence-corrected chi connectivity index (χ1v) is 7.69. The number of fused-ring (bicyclic) bond motifs is 1. The standard InChI is InChI=1S/C12H8Cl2N2S2/c13-9-10-11(18-12(9)14)8(3-4-15-10)16-6-7-2-1-5-17-7/h1-5H,6H2,(H,15,16). The zero-order chi connectivity index (χ0) is 12.5. The van der Waals surface area contributed by atoms with Gasteiger partial charge in [-0.05, 0) is 17.5 Å². The van der Waals surface area contributed by atoms with Crippen LogP contribution in [0.1, 0.15) is 4.88 Å². The molecule has 1 N–H and O–H groups in total. The van der Waals surface area contributed by atoms with Crippen molar-refractivity contribution in [1.29, 1.82) is 0 Å². The molecule has 0 unspecified atom stereocenters. The lowest BCUT2D eigenvalue weighted by molar-refractivity contribution is 1.20. The number of hydrogen-bond acceptors (Lipinski definition) is 4. The summed E-state index contributed by atoms with van der Waals surface area (Å²) >= 11 is 15.3. The van der Waals surface area contributed by atoms with Crippen LogP contribution in [0.2, 0.25) is 9.36 Å². The molecule has 3 aromatic heterocycles. The Kier molecular flexibility index (Phi) is 3.43. The number of hydrogen-bond donors (Lipinski definition) is 1.